The van der Waals surface area contributed by atoms with Gasteiger partial charge in [0.1, 0.15) is 11.5 Å². The summed E-state index contributed by atoms with van der Waals surface area (Å²) in [4.78, 5) is 38.1. The fourth-order valence-electron chi connectivity index (χ4n) is 4.26. The maximum atomic E-state index is 13.1. The quantitative estimate of drug-likeness (QED) is 0.224. The van der Waals surface area contributed by atoms with Gasteiger partial charge in [0.15, 0.2) is 0 Å². The van der Waals surface area contributed by atoms with Crippen LogP contribution in [0.1, 0.15) is 36.9 Å². The third-order valence-corrected chi connectivity index (χ3v) is 5.80. The van der Waals surface area contributed by atoms with Crippen LogP contribution in [0.3, 0.4) is 0 Å². The van der Waals surface area contributed by atoms with Gasteiger partial charge in [-0.3, -0.25) is 19.7 Å². The van der Waals surface area contributed by atoms with Gasteiger partial charge in [-0.25, -0.2) is 0 Å². The van der Waals surface area contributed by atoms with Crippen molar-refractivity contribution >= 4 is 23.1 Å². The van der Waals surface area contributed by atoms with Crippen LogP contribution in [-0.2, 0) is 14.3 Å². The second-order valence-corrected chi connectivity index (χ2v) is 7.90. The molecule has 2 atom stereocenters. The molecule has 2 unspecified atom stereocenters. The van der Waals surface area contributed by atoms with E-state index in [0.29, 0.717) is 24.5 Å². The molecule has 0 aromatic heterocycles. The minimum Gasteiger partial charge on any atom is -0.507 e. The van der Waals surface area contributed by atoms with E-state index in [1.807, 2.05) is 6.92 Å². The number of hydrogen-bond acceptors (Lipinski definition) is 7. The van der Waals surface area contributed by atoms with Crippen molar-refractivity contribution in [1.82, 2.24) is 4.90 Å². The molecule has 2 heterocycles. The zero-order chi connectivity index (χ0) is 23.5. The van der Waals surface area contributed by atoms with Gasteiger partial charge < -0.3 is 19.5 Å². The number of rotatable bonds is 7. The number of amides is 1. The number of aliphatic hydroxyl groups excluding tert-OH is 1. The lowest BCUT2D eigenvalue weighted by Crippen LogP contribution is -2.36. The molecule has 1 N–H and O–H groups in total. The number of carbonyl (C=O) groups is 2. The lowest BCUT2D eigenvalue weighted by atomic mass is 9.95. The van der Waals surface area contributed by atoms with Gasteiger partial charge in [0.25, 0.3) is 17.4 Å². The van der Waals surface area contributed by atoms with E-state index in [1.54, 1.807) is 24.3 Å². The van der Waals surface area contributed by atoms with Gasteiger partial charge in [-0.2, -0.15) is 0 Å². The highest BCUT2D eigenvalue weighted by atomic mass is 16.6. The molecule has 2 saturated heterocycles. The topological polar surface area (TPSA) is 119 Å². The number of carbonyl (C=O) groups excluding carboxylic acids is 2. The molecule has 0 bridgehead atoms. The summed E-state index contributed by atoms with van der Waals surface area (Å²) in [5, 5.41) is 22.2. The molecule has 0 aliphatic carbocycles. The van der Waals surface area contributed by atoms with Crippen molar-refractivity contribution < 1.29 is 29.1 Å². The molecule has 2 fully saturated rings. The maximum Gasteiger partial charge on any atom is 0.295 e. The Labute approximate surface area is 190 Å². The number of ether oxygens (including phenoxy) is 2. The number of hydrogen-bond donors (Lipinski definition) is 1. The second-order valence-electron chi connectivity index (χ2n) is 7.90. The summed E-state index contributed by atoms with van der Waals surface area (Å²) < 4.78 is 11.2. The lowest BCUT2D eigenvalue weighted by Gasteiger charge is -2.27. The maximum absolute atomic E-state index is 13.1. The Morgan fingerprint density at radius 3 is 2.64 bits per heavy atom. The second kappa shape index (κ2) is 9.41. The van der Waals surface area contributed by atoms with Gasteiger partial charge in [-0.05, 0) is 37.5 Å². The Kier molecular flexibility index (Phi) is 6.41. The number of nitrogens with zero attached hydrogens (tertiary/aromatic N) is 2. The Morgan fingerprint density at radius 1 is 1.24 bits per heavy atom. The van der Waals surface area contributed by atoms with Gasteiger partial charge in [-0.15, -0.1) is 0 Å². The highest BCUT2D eigenvalue weighted by Crippen LogP contribution is 2.40. The molecule has 172 valence electrons. The van der Waals surface area contributed by atoms with Crippen LogP contribution >= 0.6 is 0 Å². The molecule has 2 aromatic carbocycles. The summed E-state index contributed by atoms with van der Waals surface area (Å²) in [5.74, 6) is -1.39. The molecular formula is C24H24N2O7. The molecule has 9 heteroatoms. The number of non-ortho nitro benzene ring substituents is 1. The molecule has 0 spiro atoms. The SMILES string of the molecule is CCOc1ccc(C2/C(=C(/O)c3cccc([N+](=O)[O-])c3)C(=O)C(=O)N2CC2CCCO2)cc1. The highest BCUT2D eigenvalue weighted by Gasteiger charge is 2.47. The summed E-state index contributed by atoms with van der Waals surface area (Å²) in [6.07, 6.45) is 1.44. The first kappa shape index (κ1) is 22.5. The molecule has 9 nitrogen and oxygen atoms in total. The van der Waals surface area contributed by atoms with E-state index >= 15 is 0 Å². The summed E-state index contributed by atoms with van der Waals surface area (Å²) in [6.45, 7) is 3.15. The van der Waals surface area contributed by atoms with E-state index in [4.69, 9.17) is 9.47 Å². The van der Waals surface area contributed by atoms with Crippen LogP contribution in [0.2, 0.25) is 0 Å². The predicted octanol–water partition coefficient (Wildman–Crippen LogP) is 3.59. The fraction of sp³-hybridized carbons (Fsp3) is 0.333. The van der Waals surface area contributed by atoms with Crippen LogP contribution in [0.4, 0.5) is 5.69 Å². The standard InChI is InChI=1S/C24H24N2O7/c1-2-32-18-10-8-15(9-11-18)21-20(22(27)16-5-3-6-17(13-16)26(30)31)23(28)24(29)25(21)14-19-7-4-12-33-19/h3,5-6,8-11,13,19,21,27H,2,4,7,12,14H2,1H3/b22-20-. The molecular weight excluding hydrogens is 428 g/mol. The molecule has 0 saturated carbocycles. The van der Waals surface area contributed by atoms with Crippen LogP contribution in [0.25, 0.3) is 5.76 Å². The molecule has 2 aromatic rings. The van der Waals surface area contributed by atoms with Crippen LogP contribution in [0.5, 0.6) is 5.75 Å². The Hall–Kier alpha value is -3.72. The monoisotopic (exact) mass is 452 g/mol. The van der Waals surface area contributed by atoms with Crippen molar-refractivity contribution in [3.05, 3.63) is 75.3 Å². The van der Waals surface area contributed by atoms with E-state index in [-0.39, 0.29) is 29.5 Å². The van der Waals surface area contributed by atoms with Crippen LogP contribution in [-0.4, -0.2) is 52.5 Å². The Balaban J connectivity index is 1.81. The van der Waals surface area contributed by atoms with Crippen molar-refractivity contribution in [2.75, 3.05) is 19.8 Å². The third kappa shape index (κ3) is 4.45. The number of ketones is 1. The summed E-state index contributed by atoms with van der Waals surface area (Å²) in [6, 6.07) is 11.4. The van der Waals surface area contributed by atoms with Crippen molar-refractivity contribution in [3.63, 3.8) is 0 Å². The van der Waals surface area contributed by atoms with Crippen molar-refractivity contribution in [2.24, 2.45) is 0 Å². The van der Waals surface area contributed by atoms with Crippen LogP contribution < -0.4 is 4.74 Å². The number of benzene rings is 2. The van der Waals surface area contributed by atoms with Crippen LogP contribution in [0, 0.1) is 10.1 Å². The lowest BCUT2D eigenvalue weighted by molar-refractivity contribution is -0.384. The van der Waals surface area contributed by atoms with Crippen LogP contribution in [0.15, 0.2) is 54.1 Å². The van der Waals surface area contributed by atoms with Gasteiger partial charge in [0.2, 0.25) is 0 Å². The largest absolute Gasteiger partial charge is 0.507 e. The molecule has 33 heavy (non-hydrogen) atoms. The molecule has 0 radical (unpaired) electrons. The summed E-state index contributed by atoms with van der Waals surface area (Å²) >= 11 is 0. The average Bonchev–Trinajstić information content (AvgIpc) is 3.42. The van der Waals surface area contributed by atoms with E-state index in [1.165, 1.54) is 29.2 Å². The smallest absolute Gasteiger partial charge is 0.295 e. The molecule has 1 amide bonds. The van der Waals surface area contributed by atoms with Gasteiger partial charge >= 0.3 is 0 Å². The van der Waals surface area contributed by atoms with E-state index in [9.17, 15) is 24.8 Å². The Bertz CT molecular complexity index is 1100. The number of likely N-dealkylation sites (tertiary alicyclic amines) is 1. The summed E-state index contributed by atoms with van der Waals surface area (Å²) in [5.41, 5.74) is 0.366. The van der Waals surface area contributed by atoms with E-state index < -0.39 is 28.4 Å². The zero-order valence-electron chi connectivity index (χ0n) is 18.1. The zero-order valence-corrected chi connectivity index (χ0v) is 18.1. The van der Waals surface area contributed by atoms with Crippen molar-refractivity contribution in [3.8, 4) is 5.75 Å². The minimum absolute atomic E-state index is 0.0928. The summed E-state index contributed by atoms with van der Waals surface area (Å²) in [7, 11) is 0. The van der Waals surface area contributed by atoms with Crippen molar-refractivity contribution in [1.29, 1.82) is 0 Å². The number of nitro benzene ring substituents is 1. The molecule has 2 aliphatic rings. The average molecular weight is 452 g/mol. The number of aliphatic hydroxyl groups is 1. The number of Topliss-reactive ketones (excluding diaryl/α,β-unsaturated/α-hetero) is 1. The molecule has 2 aliphatic heterocycles. The Morgan fingerprint density at radius 2 is 2.00 bits per heavy atom. The predicted molar refractivity (Wildman–Crippen MR) is 119 cm³/mol. The van der Waals surface area contributed by atoms with Gasteiger partial charge in [-0.1, -0.05) is 24.3 Å². The van der Waals surface area contributed by atoms with Gasteiger partial charge in [0, 0.05) is 30.8 Å². The van der Waals surface area contributed by atoms with E-state index in [0.717, 1.165) is 12.8 Å². The minimum atomic E-state index is -0.857. The highest BCUT2D eigenvalue weighted by molar-refractivity contribution is 6.46. The first-order valence-electron chi connectivity index (χ1n) is 10.8. The normalized spacial score (nSPS) is 22.0. The number of nitro groups is 1. The first-order valence-corrected chi connectivity index (χ1v) is 10.8. The van der Waals surface area contributed by atoms with E-state index in [2.05, 4.69) is 0 Å². The fourth-order valence-corrected chi connectivity index (χ4v) is 4.26. The van der Waals surface area contributed by atoms with Crippen molar-refractivity contribution in [2.45, 2.75) is 31.9 Å². The third-order valence-electron chi connectivity index (χ3n) is 5.80. The van der Waals surface area contributed by atoms with Gasteiger partial charge in [0.05, 0.1) is 29.2 Å². The first-order chi connectivity index (χ1) is 15.9. The molecule has 4 rings (SSSR count).